The van der Waals surface area contributed by atoms with E-state index in [4.69, 9.17) is 0 Å². The Bertz CT molecular complexity index is 915. The molecule has 3 rings (SSSR count). The average molecular weight is 421 g/mol. The van der Waals surface area contributed by atoms with Gasteiger partial charge < -0.3 is 10.2 Å². The van der Waals surface area contributed by atoms with Gasteiger partial charge in [0.25, 0.3) is 0 Å². The third-order valence-corrected chi connectivity index (χ3v) is 6.37. The molecule has 1 aliphatic carbocycles. The minimum Gasteiger partial charge on any atom is -0.352 e. The van der Waals surface area contributed by atoms with E-state index in [1.165, 1.54) is 12.8 Å². The van der Waals surface area contributed by atoms with E-state index in [1.807, 2.05) is 32.9 Å². The minimum atomic E-state index is -0.460. The van der Waals surface area contributed by atoms with Gasteiger partial charge in [0.2, 0.25) is 11.8 Å². The monoisotopic (exact) mass is 420 g/mol. The van der Waals surface area contributed by atoms with Crippen LogP contribution in [0.25, 0.3) is 0 Å². The Kier molecular flexibility index (Phi) is 7.89. The molecule has 2 aromatic carbocycles. The van der Waals surface area contributed by atoms with E-state index < -0.39 is 6.04 Å². The van der Waals surface area contributed by atoms with Crippen LogP contribution in [0.5, 0.6) is 0 Å². The van der Waals surface area contributed by atoms with Crippen LogP contribution in [0, 0.1) is 20.8 Å². The first-order valence-corrected chi connectivity index (χ1v) is 11.6. The molecule has 2 aromatic rings. The molecule has 4 heteroatoms. The smallest absolute Gasteiger partial charge is 0.243 e. The van der Waals surface area contributed by atoms with Crippen molar-refractivity contribution < 1.29 is 9.59 Å². The van der Waals surface area contributed by atoms with Crippen LogP contribution in [0.15, 0.2) is 42.5 Å². The fraction of sp³-hybridized carbons (Fsp3) is 0.481. The van der Waals surface area contributed by atoms with E-state index in [0.717, 1.165) is 40.7 Å². The molecule has 1 saturated carbocycles. The molecule has 1 N–H and O–H groups in total. The summed E-state index contributed by atoms with van der Waals surface area (Å²) < 4.78 is 0. The maximum absolute atomic E-state index is 13.6. The van der Waals surface area contributed by atoms with Crippen LogP contribution in [0.4, 0.5) is 0 Å². The lowest BCUT2D eigenvalue weighted by molar-refractivity contribution is -0.141. The highest BCUT2D eigenvalue weighted by Gasteiger charge is 2.30. The number of hydrogen-bond donors (Lipinski definition) is 1. The predicted molar refractivity (Wildman–Crippen MR) is 126 cm³/mol. The Morgan fingerprint density at radius 3 is 2.42 bits per heavy atom. The summed E-state index contributed by atoms with van der Waals surface area (Å²) in [7, 11) is 0. The summed E-state index contributed by atoms with van der Waals surface area (Å²) in [6, 6.07) is 14.2. The normalized spacial score (nSPS) is 15.0. The highest BCUT2D eigenvalue weighted by Crippen LogP contribution is 2.21. The van der Waals surface area contributed by atoms with Gasteiger partial charge in [-0.1, -0.05) is 73.4 Å². The van der Waals surface area contributed by atoms with Gasteiger partial charge >= 0.3 is 0 Å². The Morgan fingerprint density at radius 2 is 1.74 bits per heavy atom. The van der Waals surface area contributed by atoms with Crippen molar-refractivity contribution in [2.75, 3.05) is 0 Å². The van der Waals surface area contributed by atoms with Gasteiger partial charge in [0.05, 0.1) is 6.42 Å². The molecule has 0 spiro atoms. The molecule has 31 heavy (non-hydrogen) atoms. The highest BCUT2D eigenvalue weighted by atomic mass is 16.2. The molecule has 1 atom stereocenters. The number of nitrogens with one attached hydrogen (secondary N) is 1. The molecule has 4 nitrogen and oxygen atoms in total. The molecule has 0 saturated heterocycles. The van der Waals surface area contributed by atoms with Gasteiger partial charge in [0.1, 0.15) is 6.04 Å². The lowest BCUT2D eigenvalue weighted by Crippen LogP contribution is -2.51. The molecule has 0 heterocycles. The maximum Gasteiger partial charge on any atom is 0.243 e. The van der Waals surface area contributed by atoms with Gasteiger partial charge in [-0.15, -0.1) is 0 Å². The van der Waals surface area contributed by atoms with Crippen LogP contribution in [-0.4, -0.2) is 28.8 Å². The van der Waals surface area contributed by atoms with Crippen LogP contribution in [-0.2, 0) is 22.6 Å². The van der Waals surface area contributed by atoms with E-state index >= 15 is 0 Å². The van der Waals surface area contributed by atoms with Crippen molar-refractivity contribution in [2.24, 2.45) is 0 Å². The highest BCUT2D eigenvalue weighted by molar-refractivity contribution is 5.88. The van der Waals surface area contributed by atoms with Crippen molar-refractivity contribution in [3.63, 3.8) is 0 Å². The number of amides is 2. The molecule has 1 fully saturated rings. The zero-order valence-electron chi connectivity index (χ0n) is 19.4. The van der Waals surface area contributed by atoms with Crippen LogP contribution in [0.3, 0.4) is 0 Å². The van der Waals surface area contributed by atoms with Crippen molar-refractivity contribution in [1.82, 2.24) is 10.2 Å². The van der Waals surface area contributed by atoms with Gasteiger partial charge in [0, 0.05) is 12.6 Å². The summed E-state index contributed by atoms with van der Waals surface area (Å²) in [4.78, 5) is 28.5. The molecule has 2 amide bonds. The summed E-state index contributed by atoms with van der Waals surface area (Å²) in [6.07, 6.45) is 5.32. The van der Waals surface area contributed by atoms with Crippen molar-refractivity contribution in [3.05, 3.63) is 70.3 Å². The molecule has 0 unspecified atom stereocenters. The lowest BCUT2D eigenvalue weighted by Gasteiger charge is -2.32. The van der Waals surface area contributed by atoms with Crippen LogP contribution in [0.2, 0.25) is 0 Å². The zero-order valence-corrected chi connectivity index (χ0v) is 19.4. The van der Waals surface area contributed by atoms with Gasteiger partial charge in [-0.3, -0.25) is 9.59 Å². The summed E-state index contributed by atoms with van der Waals surface area (Å²) in [5.74, 6) is -0.0139. The standard InChI is InChI=1S/C27H36N2O2/c1-5-25(27(31)28-24-11-6-7-12-24)29(18-22-10-8-9-19(2)15-22)26(30)17-23-16-20(3)13-14-21(23)4/h8-10,13-16,24-25H,5-7,11-12,17-18H2,1-4H3,(H,28,31)/t25-/m1/s1. The second-order valence-corrected chi connectivity index (χ2v) is 9.03. The number of nitrogens with zero attached hydrogens (tertiary/aromatic N) is 1. The second kappa shape index (κ2) is 10.6. The number of carbonyl (C=O) groups excluding carboxylic acids is 2. The Morgan fingerprint density at radius 1 is 1.03 bits per heavy atom. The molecule has 0 aliphatic heterocycles. The fourth-order valence-corrected chi connectivity index (χ4v) is 4.55. The Balaban J connectivity index is 1.85. The van der Waals surface area contributed by atoms with Crippen molar-refractivity contribution >= 4 is 11.8 Å². The van der Waals surface area contributed by atoms with E-state index in [9.17, 15) is 9.59 Å². The van der Waals surface area contributed by atoms with E-state index in [0.29, 0.717) is 19.4 Å². The Labute approximate surface area is 187 Å². The predicted octanol–water partition coefficient (Wildman–Crippen LogP) is 5.02. The van der Waals surface area contributed by atoms with Gasteiger partial charge in [-0.25, -0.2) is 0 Å². The lowest BCUT2D eigenvalue weighted by atomic mass is 10.0. The SMILES string of the molecule is CC[C@H](C(=O)NC1CCCC1)N(Cc1cccc(C)c1)C(=O)Cc1cc(C)ccc1C. The largest absolute Gasteiger partial charge is 0.352 e. The average Bonchev–Trinajstić information content (AvgIpc) is 3.23. The number of benzene rings is 2. The summed E-state index contributed by atoms with van der Waals surface area (Å²) in [5, 5.41) is 3.21. The van der Waals surface area contributed by atoms with Crippen LogP contribution < -0.4 is 5.32 Å². The maximum atomic E-state index is 13.6. The molecule has 0 aromatic heterocycles. The Hall–Kier alpha value is -2.62. The summed E-state index contributed by atoms with van der Waals surface area (Å²) >= 11 is 0. The molecule has 0 radical (unpaired) electrons. The topological polar surface area (TPSA) is 49.4 Å². The zero-order chi connectivity index (χ0) is 22.4. The summed E-state index contributed by atoms with van der Waals surface area (Å²) in [6.45, 7) is 8.57. The molecule has 0 bridgehead atoms. The van der Waals surface area contributed by atoms with Crippen molar-refractivity contribution in [1.29, 1.82) is 0 Å². The number of carbonyl (C=O) groups is 2. The van der Waals surface area contributed by atoms with Crippen molar-refractivity contribution in [3.8, 4) is 0 Å². The number of hydrogen-bond acceptors (Lipinski definition) is 2. The summed E-state index contributed by atoms with van der Waals surface area (Å²) in [5.41, 5.74) is 5.50. The van der Waals surface area contributed by atoms with E-state index in [1.54, 1.807) is 4.90 Å². The third kappa shape index (κ3) is 6.19. The van der Waals surface area contributed by atoms with E-state index in [2.05, 4.69) is 42.6 Å². The fourth-order valence-electron chi connectivity index (χ4n) is 4.55. The quantitative estimate of drug-likeness (QED) is 0.652. The molecule has 1 aliphatic rings. The van der Waals surface area contributed by atoms with Crippen LogP contribution >= 0.6 is 0 Å². The van der Waals surface area contributed by atoms with E-state index in [-0.39, 0.29) is 17.9 Å². The first-order valence-electron chi connectivity index (χ1n) is 11.6. The molecular weight excluding hydrogens is 384 g/mol. The first-order chi connectivity index (χ1) is 14.9. The molecule has 166 valence electrons. The molecular formula is C27H36N2O2. The number of aryl methyl sites for hydroxylation is 3. The first kappa shape index (κ1) is 23.1. The van der Waals surface area contributed by atoms with Crippen molar-refractivity contribution in [2.45, 2.75) is 84.8 Å². The van der Waals surface area contributed by atoms with Crippen LogP contribution in [0.1, 0.15) is 66.8 Å². The number of rotatable bonds is 8. The van der Waals surface area contributed by atoms with Gasteiger partial charge in [-0.2, -0.15) is 0 Å². The third-order valence-electron chi connectivity index (χ3n) is 6.37. The minimum absolute atomic E-state index is 0.00336. The van der Waals surface area contributed by atoms with Gasteiger partial charge in [0.15, 0.2) is 0 Å². The van der Waals surface area contributed by atoms with Gasteiger partial charge in [-0.05, 0) is 56.7 Å². The second-order valence-electron chi connectivity index (χ2n) is 9.03.